The average molecular weight is 592 g/mol. The van der Waals surface area contributed by atoms with E-state index in [1.165, 1.54) is 17.0 Å². The number of hydrogen-bond donors (Lipinski definition) is 1. The number of hydrogen-bond acceptors (Lipinski definition) is 5. The second kappa shape index (κ2) is 13.9. The molecule has 4 rings (SSSR count). The van der Waals surface area contributed by atoms with E-state index in [-0.39, 0.29) is 23.4 Å². The Hall–Kier alpha value is -3.85. The first-order chi connectivity index (χ1) is 20.1. The molecule has 8 nitrogen and oxygen atoms in total. The van der Waals surface area contributed by atoms with Gasteiger partial charge in [0.25, 0.3) is 10.0 Å². The number of aryl methyl sites for hydroxylation is 2. The third-order valence-electron chi connectivity index (χ3n) is 7.85. The molecule has 0 radical (unpaired) electrons. The normalized spacial score (nSPS) is 14.6. The Morgan fingerprint density at radius 2 is 1.67 bits per heavy atom. The summed E-state index contributed by atoms with van der Waals surface area (Å²) in [5.74, 6) is -0.102. The zero-order valence-electron chi connectivity index (χ0n) is 24.9. The molecule has 3 aromatic rings. The van der Waals surface area contributed by atoms with Crippen molar-refractivity contribution >= 4 is 27.5 Å². The fraction of sp³-hybridized carbons (Fsp3) is 0.394. The van der Waals surface area contributed by atoms with Gasteiger partial charge in [0.05, 0.1) is 17.7 Å². The molecule has 1 aliphatic carbocycles. The number of benzene rings is 3. The molecule has 1 saturated carbocycles. The molecular formula is C33H41N3O5S. The Morgan fingerprint density at radius 3 is 2.36 bits per heavy atom. The number of amides is 2. The lowest BCUT2D eigenvalue weighted by Gasteiger charge is -2.33. The summed E-state index contributed by atoms with van der Waals surface area (Å²) in [6.45, 7) is 5.05. The van der Waals surface area contributed by atoms with Crippen molar-refractivity contribution in [1.29, 1.82) is 0 Å². The van der Waals surface area contributed by atoms with Crippen LogP contribution in [0.1, 0.15) is 55.7 Å². The van der Waals surface area contributed by atoms with Crippen molar-refractivity contribution in [2.75, 3.05) is 18.0 Å². The molecule has 3 aromatic carbocycles. The molecule has 0 aliphatic heterocycles. The lowest BCUT2D eigenvalue weighted by Crippen LogP contribution is -2.53. The number of carbonyl (C=O) groups excluding carboxylic acids is 2. The highest BCUT2D eigenvalue weighted by Gasteiger charge is 2.33. The topological polar surface area (TPSA) is 96.0 Å². The highest BCUT2D eigenvalue weighted by molar-refractivity contribution is 7.92. The Bertz CT molecular complexity index is 1490. The Morgan fingerprint density at radius 1 is 0.952 bits per heavy atom. The summed E-state index contributed by atoms with van der Waals surface area (Å²) in [4.78, 5) is 29.2. The molecule has 1 aliphatic rings. The van der Waals surface area contributed by atoms with E-state index >= 15 is 0 Å². The summed E-state index contributed by atoms with van der Waals surface area (Å²) < 4.78 is 34.6. The van der Waals surface area contributed by atoms with Crippen LogP contribution >= 0.6 is 0 Å². The van der Waals surface area contributed by atoms with Gasteiger partial charge in [0.15, 0.2) is 0 Å². The summed E-state index contributed by atoms with van der Waals surface area (Å²) in [5, 5.41) is 3.13. The van der Waals surface area contributed by atoms with Crippen LogP contribution in [0.5, 0.6) is 5.75 Å². The van der Waals surface area contributed by atoms with Crippen molar-refractivity contribution in [3.05, 3.63) is 89.5 Å². The molecule has 1 fully saturated rings. The van der Waals surface area contributed by atoms with E-state index < -0.39 is 28.5 Å². The first-order valence-corrected chi connectivity index (χ1v) is 15.9. The fourth-order valence-electron chi connectivity index (χ4n) is 5.34. The number of rotatable bonds is 11. The van der Waals surface area contributed by atoms with Gasteiger partial charge in [-0.05, 0) is 80.6 Å². The molecule has 0 saturated heterocycles. The minimum absolute atomic E-state index is 0.0763. The van der Waals surface area contributed by atoms with Crippen molar-refractivity contribution in [3.63, 3.8) is 0 Å². The van der Waals surface area contributed by atoms with Crippen LogP contribution in [0.15, 0.2) is 77.7 Å². The SMILES string of the molecule is COc1cccc(CN(C(=O)CN(c2cc(C)ccc2C)S(=O)(=O)c2ccccc2)C(C)C(=O)NC2CCCCC2)c1. The van der Waals surface area contributed by atoms with E-state index in [2.05, 4.69) is 5.32 Å². The highest BCUT2D eigenvalue weighted by Crippen LogP contribution is 2.29. The molecule has 0 spiro atoms. The Balaban J connectivity index is 1.71. The van der Waals surface area contributed by atoms with E-state index in [1.807, 2.05) is 50.2 Å². The highest BCUT2D eigenvalue weighted by atomic mass is 32.2. The van der Waals surface area contributed by atoms with Crippen LogP contribution in [0.2, 0.25) is 0 Å². The van der Waals surface area contributed by atoms with Crippen LogP contribution in [-0.4, -0.2) is 50.9 Å². The van der Waals surface area contributed by atoms with Gasteiger partial charge in [-0.1, -0.05) is 61.7 Å². The fourth-order valence-corrected chi connectivity index (χ4v) is 6.83. The molecule has 0 bridgehead atoms. The molecule has 42 heavy (non-hydrogen) atoms. The Kier molecular flexibility index (Phi) is 10.3. The summed E-state index contributed by atoms with van der Waals surface area (Å²) in [6.07, 6.45) is 5.12. The number of anilines is 1. The molecule has 2 amide bonds. The Labute approximate surface area is 249 Å². The molecule has 9 heteroatoms. The van der Waals surface area contributed by atoms with E-state index in [1.54, 1.807) is 38.3 Å². The zero-order chi connectivity index (χ0) is 30.3. The smallest absolute Gasteiger partial charge is 0.264 e. The first-order valence-electron chi connectivity index (χ1n) is 14.5. The number of nitrogens with one attached hydrogen (secondary N) is 1. The van der Waals surface area contributed by atoms with Crippen LogP contribution in [0.25, 0.3) is 0 Å². The van der Waals surface area contributed by atoms with Crippen LogP contribution < -0.4 is 14.4 Å². The quantitative estimate of drug-likeness (QED) is 0.323. The monoisotopic (exact) mass is 591 g/mol. The molecule has 224 valence electrons. The molecular weight excluding hydrogens is 550 g/mol. The summed E-state index contributed by atoms with van der Waals surface area (Å²) in [7, 11) is -2.54. The van der Waals surface area contributed by atoms with Crippen molar-refractivity contribution in [2.24, 2.45) is 0 Å². The van der Waals surface area contributed by atoms with Gasteiger partial charge in [-0.2, -0.15) is 0 Å². The van der Waals surface area contributed by atoms with Gasteiger partial charge >= 0.3 is 0 Å². The summed E-state index contributed by atoms with van der Waals surface area (Å²) in [6, 6.07) is 20.2. The van der Waals surface area contributed by atoms with Gasteiger partial charge in [0.1, 0.15) is 18.3 Å². The lowest BCUT2D eigenvalue weighted by atomic mass is 9.95. The van der Waals surface area contributed by atoms with Crippen molar-refractivity contribution in [1.82, 2.24) is 10.2 Å². The van der Waals surface area contributed by atoms with E-state index in [9.17, 15) is 18.0 Å². The minimum atomic E-state index is -4.11. The third kappa shape index (κ3) is 7.50. The number of nitrogens with zero attached hydrogens (tertiary/aromatic N) is 2. The van der Waals surface area contributed by atoms with E-state index in [0.717, 1.165) is 53.1 Å². The molecule has 1 atom stereocenters. The second-order valence-electron chi connectivity index (χ2n) is 11.0. The van der Waals surface area contributed by atoms with E-state index in [4.69, 9.17) is 4.74 Å². The van der Waals surface area contributed by atoms with Crippen molar-refractivity contribution in [2.45, 2.75) is 76.4 Å². The van der Waals surface area contributed by atoms with Gasteiger partial charge in [0.2, 0.25) is 11.8 Å². The zero-order valence-corrected chi connectivity index (χ0v) is 25.7. The van der Waals surface area contributed by atoms with Crippen molar-refractivity contribution < 1.29 is 22.7 Å². The largest absolute Gasteiger partial charge is 0.497 e. The van der Waals surface area contributed by atoms with Crippen LogP contribution in [0.3, 0.4) is 0 Å². The predicted molar refractivity (Wildman–Crippen MR) is 165 cm³/mol. The average Bonchev–Trinajstić information content (AvgIpc) is 3.00. The molecule has 0 aromatic heterocycles. The van der Waals surface area contributed by atoms with Gasteiger partial charge < -0.3 is 15.0 Å². The number of ether oxygens (including phenoxy) is 1. The van der Waals surface area contributed by atoms with Gasteiger partial charge in [-0.25, -0.2) is 8.42 Å². The second-order valence-corrected chi connectivity index (χ2v) is 12.9. The summed E-state index contributed by atoms with van der Waals surface area (Å²) >= 11 is 0. The maximum Gasteiger partial charge on any atom is 0.264 e. The minimum Gasteiger partial charge on any atom is -0.497 e. The molecule has 0 heterocycles. The first kappa shape index (κ1) is 31.1. The van der Waals surface area contributed by atoms with Gasteiger partial charge in [-0.3, -0.25) is 13.9 Å². The van der Waals surface area contributed by atoms with Gasteiger partial charge in [-0.15, -0.1) is 0 Å². The van der Waals surface area contributed by atoms with Crippen molar-refractivity contribution in [3.8, 4) is 5.75 Å². The number of sulfonamides is 1. The number of carbonyl (C=O) groups is 2. The third-order valence-corrected chi connectivity index (χ3v) is 9.62. The molecule has 1 N–H and O–H groups in total. The van der Waals surface area contributed by atoms with Crippen LogP contribution in [0, 0.1) is 13.8 Å². The van der Waals surface area contributed by atoms with Gasteiger partial charge in [0, 0.05) is 12.6 Å². The predicted octanol–water partition coefficient (Wildman–Crippen LogP) is 5.37. The van der Waals surface area contributed by atoms with Crippen LogP contribution in [-0.2, 0) is 26.2 Å². The maximum atomic E-state index is 14.2. The molecule has 1 unspecified atom stereocenters. The maximum absolute atomic E-state index is 14.2. The standard InChI is InChI=1S/C33H41N3O5S/c1-24-18-19-25(2)31(20-24)36(42(39,40)30-16-9-6-10-17-30)23-32(37)35(22-27-12-11-15-29(21-27)41-4)26(3)33(38)34-28-13-7-5-8-14-28/h6,9-12,15-21,26,28H,5,7-8,13-14,22-23H2,1-4H3,(H,34,38). The van der Waals surface area contributed by atoms with E-state index in [0.29, 0.717) is 11.4 Å². The van der Waals surface area contributed by atoms with Crippen LogP contribution in [0.4, 0.5) is 5.69 Å². The number of methoxy groups -OCH3 is 1. The summed E-state index contributed by atoms with van der Waals surface area (Å²) in [5.41, 5.74) is 2.78. The lowest BCUT2D eigenvalue weighted by molar-refractivity contribution is -0.139.